The Balaban J connectivity index is 1.94. The number of amides is 1. The molecule has 2 rings (SSSR count). The third kappa shape index (κ3) is 3.08. The number of likely N-dealkylation sites (tertiary alicyclic amines) is 1. The molecule has 0 aromatic carbocycles. The van der Waals surface area contributed by atoms with Crippen molar-refractivity contribution in [2.24, 2.45) is 0 Å². The number of carbonyl (C=O) groups is 2. The quantitative estimate of drug-likeness (QED) is 0.732. The van der Waals surface area contributed by atoms with Crippen LogP contribution in [0.5, 0.6) is 0 Å². The van der Waals surface area contributed by atoms with Gasteiger partial charge < -0.3 is 15.3 Å². The fourth-order valence-corrected chi connectivity index (χ4v) is 3.05. The number of rotatable bonds is 7. The number of nitrogens with one attached hydrogen (secondary N) is 1. The van der Waals surface area contributed by atoms with Crippen LogP contribution in [0.15, 0.2) is 0 Å². The van der Waals surface area contributed by atoms with Crippen LogP contribution in [-0.2, 0) is 9.59 Å². The molecule has 0 radical (unpaired) electrons. The molecular formula is C14H24N2O3. The fourth-order valence-electron chi connectivity index (χ4n) is 3.05. The lowest BCUT2D eigenvalue weighted by molar-refractivity contribution is -0.157. The van der Waals surface area contributed by atoms with Gasteiger partial charge in [-0.3, -0.25) is 4.79 Å². The zero-order chi connectivity index (χ0) is 13.9. The van der Waals surface area contributed by atoms with Crippen LogP contribution in [0.25, 0.3) is 0 Å². The van der Waals surface area contributed by atoms with Crippen molar-refractivity contribution in [2.75, 3.05) is 13.1 Å². The molecule has 2 N–H and O–H groups in total. The third-order valence-electron chi connectivity index (χ3n) is 4.20. The molecule has 19 heavy (non-hydrogen) atoms. The predicted octanol–water partition coefficient (Wildman–Crippen LogP) is 1.37. The normalized spacial score (nSPS) is 26.7. The highest BCUT2D eigenvalue weighted by molar-refractivity contribution is 5.87. The summed E-state index contributed by atoms with van der Waals surface area (Å²) in [5.41, 5.74) is -0.939. The highest BCUT2D eigenvalue weighted by Gasteiger charge is 2.48. The molecule has 1 heterocycles. The molecule has 5 heteroatoms. The fraction of sp³-hybridized carbons (Fsp3) is 0.857. The van der Waals surface area contributed by atoms with E-state index in [-0.39, 0.29) is 5.91 Å². The lowest BCUT2D eigenvalue weighted by Crippen LogP contribution is -2.53. The smallest absolute Gasteiger partial charge is 0.329 e. The Morgan fingerprint density at radius 1 is 1.42 bits per heavy atom. The zero-order valence-corrected chi connectivity index (χ0v) is 11.7. The van der Waals surface area contributed by atoms with E-state index in [1.807, 2.05) is 6.92 Å². The topological polar surface area (TPSA) is 69.6 Å². The van der Waals surface area contributed by atoms with E-state index in [1.54, 1.807) is 4.90 Å². The summed E-state index contributed by atoms with van der Waals surface area (Å²) < 4.78 is 0. The van der Waals surface area contributed by atoms with Crippen LogP contribution < -0.4 is 5.32 Å². The molecule has 108 valence electrons. The minimum Gasteiger partial charge on any atom is -0.479 e. The standard InChI is InChI=1S/C14H24N2O3/c1-2-7-14(13(18)19)8-3-10-16(14)12(17)6-9-15-11-4-5-11/h11,15H,2-10H2,1H3,(H,18,19). The molecule has 0 aromatic heterocycles. The van der Waals surface area contributed by atoms with Crippen molar-refractivity contribution < 1.29 is 14.7 Å². The Morgan fingerprint density at radius 3 is 2.74 bits per heavy atom. The van der Waals surface area contributed by atoms with Gasteiger partial charge in [-0.2, -0.15) is 0 Å². The van der Waals surface area contributed by atoms with Gasteiger partial charge in [0.2, 0.25) is 5.91 Å². The molecule has 0 aromatic rings. The first kappa shape index (κ1) is 14.3. The van der Waals surface area contributed by atoms with Gasteiger partial charge in [-0.05, 0) is 32.1 Å². The first-order chi connectivity index (χ1) is 9.10. The molecule has 1 aliphatic carbocycles. The summed E-state index contributed by atoms with van der Waals surface area (Å²) in [6.07, 6.45) is 5.56. The second-order valence-corrected chi connectivity index (χ2v) is 5.71. The van der Waals surface area contributed by atoms with Crippen LogP contribution in [0, 0.1) is 0 Å². The number of hydrogen-bond donors (Lipinski definition) is 2. The van der Waals surface area contributed by atoms with Gasteiger partial charge in [0.25, 0.3) is 0 Å². The molecule has 1 unspecified atom stereocenters. The summed E-state index contributed by atoms with van der Waals surface area (Å²) in [5.74, 6) is -0.850. The van der Waals surface area contributed by atoms with Gasteiger partial charge in [-0.1, -0.05) is 13.3 Å². The van der Waals surface area contributed by atoms with E-state index in [0.29, 0.717) is 38.4 Å². The van der Waals surface area contributed by atoms with Crippen LogP contribution in [0.2, 0.25) is 0 Å². The summed E-state index contributed by atoms with van der Waals surface area (Å²) in [7, 11) is 0. The Bertz CT molecular complexity index is 355. The molecule has 5 nitrogen and oxygen atoms in total. The monoisotopic (exact) mass is 268 g/mol. The van der Waals surface area contributed by atoms with E-state index in [9.17, 15) is 14.7 Å². The zero-order valence-electron chi connectivity index (χ0n) is 11.7. The number of nitrogens with zero attached hydrogens (tertiary/aromatic N) is 1. The third-order valence-corrected chi connectivity index (χ3v) is 4.20. The molecule has 0 spiro atoms. The van der Waals surface area contributed by atoms with Gasteiger partial charge in [-0.25, -0.2) is 4.79 Å². The maximum atomic E-state index is 12.3. The Kier molecular flexibility index (Phi) is 4.45. The summed E-state index contributed by atoms with van der Waals surface area (Å²) in [4.78, 5) is 25.5. The second-order valence-electron chi connectivity index (χ2n) is 5.71. The summed E-state index contributed by atoms with van der Waals surface area (Å²) in [6.45, 7) is 3.23. The minimum atomic E-state index is -0.939. The van der Waals surface area contributed by atoms with Crippen molar-refractivity contribution in [2.45, 2.75) is 63.5 Å². The number of aliphatic carboxylic acids is 1. The van der Waals surface area contributed by atoms with E-state index in [4.69, 9.17) is 0 Å². The SMILES string of the molecule is CCCC1(C(=O)O)CCCN1C(=O)CCNC1CC1. The largest absolute Gasteiger partial charge is 0.479 e. The van der Waals surface area contributed by atoms with Crippen molar-refractivity contribution in [1.82, 2.24) is 10.2 Å². The summed E-state index contributed by atoms with van der Waals surface area (Å²) in [5, 5.41) is 12.8. The van der Waals surface area contributed by atoms with Gasteiger partial charge in [-0.15, -0.1) is 0 Å². The van der Waals surface area contributed by atoms with Crippen LogP contribution in [0.3, 0.4) is 0 Å². The Labute approximate surface area is 114 Å². The first-order valence-electron chi connectivity index (χ1n) is 7.37. The Hall–Kier alpha value is -1.10. The number of carboxylic acid groups (broad SMARTS) is 1. The maximum absolute atomic E-state index is 12.3. The van der Waals surface area contributed by atoms with Crippen LogP contribution in [0.1, 0.15) is 51.9 Å². The average molecular weight is 268 g/mol. The van der Waals surface area contributed by atoms with Crippen molar-refractivity contribution >= 4 is 11.9 Å². The van der Waals surface area contributed by atoms with Crippen molar-refractivity contribution in [3.05, 3.63) is 0 Å². The molecule has 0 bridgehead atoms. The van der Waals surface area contributed by atoms with Gasteiger partial charge in [0.1, 0.15) is 5.54 Å². The lowest BCUT2D eigenvalue weighted by Gasteiger charge is -2.34. The molecular weight excluding hydrogens is 244 g/mol. The average Bonchev–Trinajstić information content (AvgIpc) is 3.08. The molecule has 2 fully saturated rings. The van der Waals surface area contributed by atoms with Gasteiger partial charge in [0, 0.05) is 25.6 Å². The van der Waals surface area contributed by atoms with Crippen molar-refractivity contribution in [1.29, 1.82) is 0 Å². The maximum Gasteiger partial charge on any atom is 0.329 e. The van der Waals surface area contributed by atoms with Gasteiger partial charge in [0.15, 0.2) is 0 Å². The van der Waals surface area contributed by atoms with Crippen LogP contribution in [-0.4, -0.2) is 46.6 Å². The van der Waals surface area contributed by atoms with E-state index >= 15 is 0 Å². The van der Waals surface area contributed by atoms with Gasteiger partial charge in [0.05, 0.1) is 0 Å². The first-order valence-corrected chi connectivity index (χ1v) is 7.37. The molecule has 1 atom stereocenters. The highest BCUT2D eigenvalue weighted by atomic mass is 16.4. The van der Waals surface area contributed by atoms with Crippen molar-refractivity contribution in [3.8, 4) is 0 Å². The van der Waals surface area contributed by atoms with Crippen molar-refractivity contribution in [3.63, 3.8) is 0 Å². The molecule has 1 aliphatic heterocycles. The molecule has 1 saturated heterocycles. The highest BCUT2D eigenvalue weighted by Crippen LogP contribution is 2.34. The lowest BCUT2D eigenvalue weighted by atomic mass is 9.90. The van der Waals surface area contributed by atoms with E-state index in [2.05, 4.69) is 5.32 Å². The number of hydrogen-bond acceptors (Lipinski definition) is 3. The second kappa shape index (κ2) is 5.90. The number of carbonyl (C=O) groups excluding carboxylic acids is 1. The molecule has 1 saturated carbocycles. The van der Waals surface area contributed by atoms with Crippen LogP contribution >= 0.6 is 0 Å². The predicted molar refractivity (Wildman–Crippen MR) is 71.9 cm³/mol. The summed E-state index contributed by atoms with van der Waals surface area (Å²) >= 11 is 0. The van der Waals surface area contributed by atoms with Crippen LogP contribution in [0.4, 0.5) is 0 Å². The Morgan fingerprint density at radius 2 is 2.16 bits per heavy atom. The molecule has 2 aliphatic rings. The molecule has 1 amide bonds. The van der Waals surface area contributed by atoms with Gasteiger partial charge >= 0.3 is 5.97 Å². The van der Waals surface area contributed by atoms with E-state index in [1.165, 1.54) is 12.8 Å². The van der Waals surface area contributed by atoms with E-state index < -0.39 is 11.5 Å². The summed E-state index contributed by atoms with van der Waals surface area (Å²) in [6, 6.07) is 0.589. The number of carboxylic acids is 1. The van der Waals surface area contributed by atoms with E-state index in [0.717, 1.165) is 12.8 Å². The minimum absolute atomic E-state index is 0.0125.